The van der Waals surface area contributed by atoms with Crippen LogP contribution in [0.4, 0.5) is 11.4 Å². The van der Waals surface area contributed by atoms with Gasteiger partial charge in [0.05, 0.1) is 5.02 Å². The van der Waals surface area contributed by atoms with E-state index in [1.807, 2.05) is 6.92 Å². The minimum Gasteiger partial charge on any atom is -0.454 e. The van der Waals surface area contributed by atoms with Crippen LogP contribution < -0.4 is 19.5 Å². The van der Waals surface area contributed by atoms with Gasteiger partial charge in [-0.05, 0) is 49.4 Å². The maximum Gasteiger partial charge on any atom is 0.263 e. The van der Waals surface area contributed by atoms with Gasteiger partial charge in [0, 0.05) is 23.0 Å². The van der Waals surface area contributed by atoms with Gasteiger partial charge in [0.1, 0.15) is 4.90 Å². The number of amides is 1. The Labute approximate surface area is 178 Å². The summed E-state index contributed by atoms with van der Waals surface area (Å²) in [5, 5.41) is 2.72. The number of carbonyl (C=O) groups is 1. The van der Waals surface area contributed by atoms with E-state index in [2.05, 4.69) is 10.0 Å². The number of benzene rings is 3. The molecule has 0 bridgehead atoms. The van der Waals surface area contributed by atoms with Crippen molar-refractivity contribution in [2.45, 2.75) is 11.8 Å². The largest absolute Gasteiger partial charge is 0.454 e. The lowest BCUT2D eigenvalue weighted by molar-refractivity contribution is 0.102. The van der Waals surface area contributed by atoms with Gasteiger partial charge in [0.15, 0.2) is 11.5 Å². The van der Waals surface area contributed by atoms with Gasteiger partial charge >= 0.3 is 0 Å². The molecule has 0 unspecified atom stereocenters. The number of rotatable bonds is 5. The number of ether oxygens (including phenoxy) is 2. The Hall–Kier alpha value is -3.23. The Morgan fingerprint density at radius 2 is 1.63 bits per heavy atom. The van der Waals surface area contributed by atoms with Crippen molar-refractivity contribution in [1.82, 2.24) is 0 Å². The van der Waals surface area contributed by atoms with Gasteiger partial charge < -0.3 is 14.8 Å². The first-order valence-corrected chi connectivity index (χ1v) is 10.8. The third-order valence-corrected chi connectivity index (χ3v) is 6.28. The normalized spacial score (nSPS) is 12.5. The summed E-state index contributed by atoms with van der Waals surface area (Å²) in [4.78, 5) is 12.5. The number of fused-ring (bicyclic) bond motifs is 1. The maximum atomic E-state index is 12.8. The molecule has 1 aliphatic heterocycles. The molecule has 0 aromatic heterocycles. The number of nitrogens with one attached hydrogen (secondary N) is 2. The SMILES string of the molecule is Cc1ccc(NS(=O)(=O)c2cc(C(=O)Nc3ccc4c(c3)OCO4)ccc2Cl)cc1. The number of hydrogen-bond acceptors (Lipinski definition) is 5. The minimum atomic E-state index is -3.99. The van der Waals surface area contributed by atoms with E-state index in [1.54, 1.807) is 42.5 Å². The van der Waals surface area contributed by atoms with Gasteiger partial charge in [0.2, 0.25) is 6.79 Å². The summed E-state index contributed by atoms with van der Waals surface area (Å²) in [6.45, 7) is 2.02. The molecule has 0 spiro atoms. The highest BCUT2D eigenvalue weighted by atomic mass is 35.5. The molecular formula is C21H17ClN2O5S. The first-order chi connectivity index (χ1) is 14.3. The molecule has 1 aliphatic rings. The molecule has 30 heavy (non-hydrogen) atoms. The van der Waals surface area contributed by atoms with Crippen LogP contribution in [0.3, 0.4) is 0 Å². The van der Waals surface area contributed by atoms with Crippen molar-refractivity contribution in [3.63, 3.8) is 0 Å². The summed E-state index contributed by atoms with van der Waals surface area (Å²) in [7, 11) is -3.99. The Morgan fingerprint density at radius 1 is 0.933 bits per heavy atom. The van der Waals surface area contributed by atoms with E-state index in [-0.39, 0.29) is 22.3 Å². The smallest absolute Gasteiger partial charge is 0.263 e. The van der Waals surface area contributed by atoms with Crippen LogP contribution in [0.2, 0.25) is 5.02 Å². The predicted octanol–water partition coefficient (Wildman–Crippen LogP) is 4.43. The Kier molecular flexibility index (Phi) is 5.27. The van der Waals surface area contributed by atoms with E-state index in [4.69, 9.17) is 21.1 Å². The first-order valence-electron chi connectivity index (χ1n) is 8.92. The van der Waals surface area contributed by atoms with E-state index in [1.165, 1.54) is 18.2 Å². The van der Waals surface area contributed by atoms with Crippen molar-refractivity contribution in [1.29, 1.82) is 0 Å². The molecular weight excluding hydrogens is 428 g/mol. The molecule has 0 radical (unpaired) electrons. The standard InChI is InChI=1S/C21H17ClN2O5S/c1-13-2-5-15(6-3-13)24-30(26,27)20-10-14(4-8-17(20)22)21(25)23-16-7-9-18-19(11-16)29-12-28-18/h2-11,24H,12H2,1H3,(H,23,25). The summed E-state index contributed by atoms with van der Waals surface area (Å²) in [5.41, 5.74) is 2.02. The fourth-order valence-electron chi connectivity index (χ4n) is 2.86. The van der Waals surface area contributed by atoms with Crippen LogP contribution in [0.5, 0.6) is 11.5 Å². The minimum absolute atomic E-state index is 0.00856. The number of aryl methyl sites for hydroxylation is 1. The maximum absolute atomic E-state index is 12.8. The molecule has 3 aromatic rings. The lowest BCUT2D eigenvalue weighted by atomic mass is 10.2. The number of hydrogen-bond donors (Lipinski definition) is 2. The van der Waals surface area contributed by atoms with Crippen LogP contribution in [0.1, 0.15) is 15.9 Å². The lowest BCUT2D eigenvalue weighted by Crippen LogP contribution is -2.16. The first kappa shape index (κ1) is 20.1. The second-order valence-electron chi connectivity index (χ2n) is 6.64. The zero-order valence-corrected chi connectivity index (χ0v) is 17.4. The Morgan fingerprint density at radius 3 is 2.40 bits per heavy atom. The van der Waals surface area contributed by atoms with E-state index < -0.39 is 15.9 Å². The number of carbonyl (C=O) groups excluding carboxylic acids is 1. The van der Waals surface area contributed by atoms with Crippen LogP contribution in [0.15, 0.2) is 65.6 Å². The highest BCUT2D eigenvalue weighted by molar-refractivity contribution is 7.92. The molecule has 1 heterocycles. The molecule has 0 saturated carbocycles. The Balaban J connectivity index is 1.57. The van der Waals surface area contributed by atoms with Crippen LogP contribution in [0.25, 0.3) is 0 Å². The molecule has 0 fully saturated rings. The third-order valence-electron chi connectivity index (χ3n) is 4.42. The van der Waals surface area contributed by atoms with Gasteiger partial charge in [-0.25, -0.2) is 8.42 Å². The molecule has 3 aromatic carbocycles. The molecule has 4 rings (SSSR count). The van der Waals surface area contributed by atoms with Crippen molar-refractivity contribution in [2.75, 3.05) is 16.8 Å². The molecule has 0 aliphatic carbocycles. The summed E-state index contributed by atoms with van der Waals surface area (Å²) in [5.74, 6) is 0.627. The quantitative estimate of drug-likeness (QED) is 0.607. The van der Waals surface area contributed by atoms with Crippen molar-refractivity contribution in [2.24, 2.45) is 0 Å². The molecule has 0 saturated heterocycles. The molecule has 2 N–H and O–H groups in total. The van der Waals surface area contributed by atoms with Gasteiger partial charge in [-0.2, -0.15) is 0 Å². The van der Waals surface area contributed by atoms with Crippen LogP contribution in [-0.2, 0) is 10.0 Å². The van der Waals surface area contributed by atoms with Crippen molar-refractivity contribution in [3.05, 3.63) is 76.8 Å². The van der Waals surface area contributed by atoms with E-state index in [9.17, 15) is 13.2 Å². The zero-order chi connectivity index (χ0) is 21.3. The van der Waals surface area contributed by atoms with Crippen LogP contribution in [-0.4, -0.2) is 21.1 Å². The van der Waals surface area contributed by atoms with Crippen molar-refractivity contribution in [3.8, 4) is 11.5 Å². The fraction of sp³-hybridized carbons (Fsp3) is 0.0952. The van der Waals surface area contributed by atoms with Crippen molar-refractivity contribution < 1.29 is 22.7 Å². The summed E-state index contributed by atoms with van der Waals surface area (Å²) < 4.78 is 38.6. The summed E-state index contributed by atoms with van der Waals surface area (Å²) >= 11 is 6.12. The molecule has 7 nitrogen and oxygen atoms in total. The second-order valence-corrected chi connectivity index (χ2v) is 8.70. The van der Waals surface area contributed by atoms with Crippen LogP contribution in [0, 0.1) is 6.92 Å². The summed E-state index contributed by atoms with van der Waals surface area (Å²) in [6.07, 6.45) is 0. The number of sulfonamides is 1. The second kappa shape index (κ2) is 7.89. The predicted molar refractivity (Wildman–Crippen MR) is 114 cm³/mol. The van der Waals surface area contributed by atoms with Gasteiger partial charge in [-0.1, -0.05) is 29.3 Å². The number of anilines is 2. The summed E-state index contributed by atoms with van der Waals surface area (Å²) in [6, 6.07) is 15.9. The van der Waals surface area contributed by atoms with E-state index in [0.29, 0.717) is 22.9 Å². The highest BCUT2D eigenvalue weighted by Gasteiger charge is 2.21. The molecule has 9 heteroatoms. The number of halogens is 1. The van der Waals surface area contributed by atoms with Gasteiger partial charge in [-0.15, -0.1) is 0 Å². The lowest BCUT2D eigenvalue weighted by Gasteiger charge is -2.12. The average molecular weight is 445 g/mol. The topological polar surface area (TPSA) is 93.7 Å². The monoisotopic (exact) mass is 444 g/mol. The van der Waals surface area contributed by atoms with E-state index >= 15 is 0 Å². The van der Waals surface area contributed by atoms with E-state index in [0.717, 1.165) is 5.56 Å². The van der Waals surface area contributed by atoms with Gasteiger partial charge in [-0.3, -0.25) is 9.52 Å². The Bertz CT molecular complexity index is 1230. The van der Waals surface area contributed by atoms with Gasteiger partial charge in [0.25, 0.3) is 15.9 Å². The fourth-order valence-corrected chi connectivity index (χ4v) is 4.45. The molecule has 1 amide bonds. The molecule has 0 atom stereocenters. The third kappa shape index (κ3) is 4.19. The molecule has 154 valence electrons. The average Bonchev–Trinajstić information content (AvgIpc) is 3.17. The highest BCUT2D eigenvalue weighted by Crippen LogP contribution is 2.34. The zero-order valence-electron chi connectivity index (χ0n) is 15.8. The van der Waals surface area contributed by atoms with Crippen LogP contribution >= 0.6 is 11.6 Å². The van der Waals surface area contributed by atoms with Crippen molar-refractivity contribution >= 4 is 38.9 Å².